The molecule has 0 bridgehead atoms. The summed E-state index contributed by atoms with van der Waals surface area (Å²) < 4.78 is 7.40. The Morgan fingerprint density at radius 2 is 1.85 bits per heavy atom. The summed E-state index contributed by atoms with van der Waals surface area (Å²) in [5.41, 5.74) is 1.44. The van der Waals surface area contributed by atoms with Crippen LogP contribution < -0.4 is 4.80 Å². The molecular weight excluding hydrogens is 370 g/mol. The Morgan fingerprint density at radius 3 is 2.44 bits per heavy atom. The van der Waals surface area contributed by atoms with E-state index in [-0.39, 0.29) is 11.3 Å². The zero-order valence-corrected chi connectivity index (χ0v) is 15.4. The van der Waals surface area contributed by atoms with Crippen LogP contribution in [0.15, 0.2) is 47.5 Å². The zero-order valence-electron chi connectivity index (χ0n) is 14.5. The van der Waals surface area contributed by atoms with Crippen molar-refractivity contribution < 1.29 is 19.2 Å². The van der Waals surface area contributed by atoms with Crippen LogP contribution in [0.1, 0.15) is 27.6 Å². The lowest BCUT2D eigenvalue weighted by molar-refractivity contribution is -0.384. The standard InChI is InChI=1S/C18H15N3O5S/c1-3-20-14-9-6-12(17(23)26-2)10-15(14)27-18(20)19-16(22)11-4-7-13(8-5-11)21(24)25/h4-10H,3H2,1-2H3. The van der Waals surface area contributed by atoms with Crippen molar-refractivity contribution in [3.63, 3.8) is 0 Å². The second-order valence-electron chi connectivity index (χ2n) is 5.52. The number of ether oxygens (including phenoxy) is 1. The first-order chi connectivity index (χ1) is 12.9. The first kappa shape index (κ1) is 18.5. The monoisotopic (exact) mass is 385 g/mol. The van der Waals surface area contributed by atoms with Crippen LogP contribution in [0.5, 0.6) is 0 Å². The van der Waals surface area contributed by atoms with E-state index >= 15 is 0 Å². The number of rotatable bonds is 4. The van der Waals surface area contributed by atoms with Crippen molar-refractivity contribution in [2.45, 2.75) is 13.5 Å². The molecule has 0 aliphatic rings. The number of fused-ring (bicyclic) bond motifs is 1. The summed E-state index contributed by atoms with van der Waals surface area (Å²) >= 11 is 1.28. The topological polar surface area (TPSA) is 104 Å². The molecule has 2 aromatic carbocycles. The van der Waals surface area contributed by atoms with Crippen LogP contribution in [0.25, 0.3) is 10.2 Å². The average molecular weight is 385 g/mol. The molecule has 0 spiro atoms. The third kappa shape index (κ3) is 3.63. The number of nitro benzene ring substituents is 1. The number of aryl methyl sites for hydroxylation is 1. The third-order valence-electron chi connectivity index (χ3n) is 3.94. The van der Waals surface area contributed by atoms with Crippen LogP contribution in [0, 0.1) is 10.1 Å². The minimum absolute atomic E-state index is 0.0904. The number of nitrogens with zero attached hydrogens (tertiary/aromatic N) is 3. The van der Waals surface area contributed by atoms with Crippen molar-refractivity contribution >= 4 is 39.1 Å². The fourth-order valence-electron chi connectivity index (χ4n) is 2.59. The van der Waals surface area contributed by atoms with E-state index in [1.54, 1.807) is 18.2 Å². The smallest absolute Gasteiger partial charge is 0.337 e. The molecule has 0 N–H and O–H groups in total. The van der Waals surface area contributed by atoms with Gasteiger partial charge >= 0.3 is 5.97 Å². The van der Waals surface area contributed by atoms with E-state index in [1.807, 2.05) is 11.5 Å². The Morgan fingerprint density at radius 1 is 1.19 bits per heavy atom. The molecule has 9 heteroatoms. The number of hydrogen-bond donors (Lipinski definition) is 0. The van der Waals surface area contributed by atoms with E-state index in [0.29, 0.717) is 16.9 Å². The van der Waals surface area contributed by atoms with E-state index in [1.165, 1.54) is 42.7 Å². The number of aromatic nitrogens is 1. The maximum Gasteiger partial charge on any atom is 0.337 e. The van der Waals surface area contributed by atoms with E-state index in [0.717, 1.165) is 10.2 Å². The molecule has 1 heterocycles. The molecule has 0 aliphatic heterocycles. The number of non-ortho nitro benzene ring substituents is 1. The first-order valence-corrected chi connectivity index (χ1v) is 8.81. The van der Waals surface area contributed by atoms with E-state index < -0.39 is 16.8 Å². The van der Waals surface area contributed by atoms with Crippen LogP contribution in [0.3, 0.4) is 0 Å². The van der Waals surface area contributed by atoms with Crippen molar-refractivity contribution in [1.29, 1.82) is 0 Å². The van der Waals surface area contributed by atoms with Gasteiger partial charge in [-0.2, -0.15) is 4.99 Å². The lowest BCUT2D eigenvalue weighted by atomic mass is 10.2. The van der Waals surface area contributed by atoms with Crippen molar-refractivity contribution in [3.8, 4) is 0 Å². The van der Waals surface area contributed by atoms with Gasteiger partial charge < -0.3 is 9.30 Å². The minimum Gasteiger partial charge on any atom is -0.465 e. The second kappa shape index (κ2) is 7.50. The van der Waals surface area contributed by atoms with Crippen LogP contribution in [-0.2, 0) is 11.3 Å². The fraction of sp³-hybridized carbons (Fsp3) is 0.167. The van der Waals surface area contributed by atoms with Gasteiger partial charge in [-0.05, 0) is 37.3 Å². The lowest BCUT2D eigenvalue weighted by Gasteiger charge is -2.02. The molecule has 0 unspecified atom stereocenters. The molecule has 0 atom stereocenters. The normalized spacial score (nSPS) is 11.6. The van der Waals surface area contributed by atoms with Crippen molar-refractivity contribution in [2.75, 3.05) is 7.11 Å². The van der Waals surface area contributed by atoms with Crippen molar-refractivity contribution in [3.05, 3.63) is 68.5 Å². The van der Waals surface area contributed by atoms with Gasteiger partial charge in [0.15, 0.2) is 4.80 Å². The van der Waals surface area contributed by atoms with Crippen LogP contribution in [0.4, 0.5) is 5.69 Å². The number of benzene rings is 2. The summed E-state index contributed by atoms with van der Waals surface area (Å²) in [4.78, 5) is 39.0. The Labute approximate surface area is 157 Å². The van der Waals surface area contributed by atoms with E-state index in [4.69, 9.17) is 4.74 Å². The zero-order chi connectivity index (χ0) is 19.6. The highest BCUT2D eigenvalue weighted by atomic mass is 32.1. The van der Waals surface area contributed by atoms with Gasteiger partial charge in [-0.25, -0.2) is 4.79 Å². The number of carbonyl (C=O) groups is 2. The largest absolute Gasteiger partial charge is 0.465 e. The van der Waals surface area contributed by atoms with Crippen molar-refractivity contribution in [1.82, 2.24) is 4.57 Å². The average Bonchev–Trinajstić information content (AvgIpc) is 3.03. The van der Waals surface area contributed by atoms with Gasteiger partial charge in [0.05, 0.1) is 27.8 Å². The van der Waals surface area contributed by atoms with E-state index in [2.05, 4.69) is 4.99 Å². The molecule has 8 nitrogen and oxygen atoms in total. The maximum atomic E-state index is 12.4. The van der Waals surface area contributed by atoms with Gasteiger partial charge in [0.2, 0.25) is 0 Å². The molecule has 0 radical (unpaired) electrons. The summed E-state index contributed by atoms with van der Waals surface area (Å²) in [6, 6.07) is 10.4. The second-order valence-corrected chi connectivity index (χ2v) is 6.53. The summed E-state index contributed by atoms with van der Waals surface area (Å²) in [6.07, 6.45) is 0. The maximum absolute atomic E-state index is 12.4. The number of carbonyl (C=O) groups excluding carboxylic acids is 2. The van der Waals surface area contributed by atoms with Gasteiger partial charge in [-0.1, -0.05) is 11.3 Å². The molecule has 3 rings (SSSR count). The minimum atomic E-state index is -0.526. The predicted octanol–water partition coefficient (Wildman–Crippen LogP) is 3.16. The molecule has 1 aromatic heterocycles. The summed E-state index contributed by atoms with van der Waals surface area (Å²) in [6.45, 7) is 2.51. The number of amides is 1. The molecule has 138 valence electrons. The van der Waals surface area contributed by atoms with Crippen LogP contribution in [0.2, 0.25) is 0 Å². The SMILES string of the molecule is CCn1c(=NC(=O)c2ccc([N+](=O)[O-])cc2)sc2cc(C(=O)OC)ccc21. The Balaban J connectivity index is 2.05. The van der Waals surface area contributed by atoms with Gasteiger partial charge in [0.1, 0.15) is 0 Å². The van der Waals surface area contributed by atoms with E-state index in [9.17, 15) is 19.7 Å². The van der Waals surface area contributed by atoms with Crippen LogP contribution in [-0.4, -0.2) is 28.5 Å². The van der Waals surface area contributed by atoms with Gasteiger partial charge in [0.25, 0.3) is 11.6 Å². The summed E-state index contributed by atoms with van der Waals surface area (Å²) in [7, 11) is 1.32. The molecule has 27 heavy (non-hydrogen) atoms. The Bertz CT molecular complexity index is 1110. The Kier molecular flexibility index (Phi) is 5.13. The number of thiazole rings is 1. The lowest BCUT2D eigenvalue weighted by Crippen LogP contribution is -2.15. The molecule has 1 amide bonds. The van der Waals surface area contributed by atoms with Gasteiger partial charge in [0, 0.05) is 24.2 Å². The number of nitro groups is 1. The highest BCUT2D eigenvalue weighted by molar-refractivity contribution is 7.16. The quantitative estimate of drug-likeness (QED) is 0.390. The van der Waals surface area contributed by atoms with Crippen molar-refractivity contribution in [2.24, 2.45) is 4.99 Å². The molecular formula is C18H15N3O5S. The highest BCUT2D eigenvalue weighted by Gasteiger charge is 2.13. The summed E-state index contributed by atoms with van der Waals surface area (Å²) in [5, 5.41) is 10.7. The van der Waals surface area contributed by atoms with Crippen LogP contribution >= 0.6 is 11.3 Å². The third-order valence-corrected chi connectivity index (χ3v) is 4.98. The molecule has 0 fully saturated rings. The molecule has 3 aromatic rings. The number of esters is 1. The highest BCUT2D eigenvalue weighted by Crippen LogP contribution is 2.20. The number of methoxy groups -OCH3 is 1. The van der Waals surface area contributed by atoms with Gasteiger partial charge in [-0.15, -0.1) is 0 Å². The number of hydrogen-bond acceptors (Lipinski definition) is 6. The summed E-state index contributed by atoms with van der Waals surface area (Å²) in [5.74, 6) is -0.930. The molecule has 0 saturated heterocycles. The predicted molar refractivity (Wildman–Crippen MR) is 99.8 cm³/mol. The first-order valence-electron chi connectivity index (χ1n) is 7.99. The fourth-order valence-corrected chi connectivity index (χ4v) is 3.72. The molecule has 0 aliphatic carbocycles. The Hall–Kier alpha value is -3.33. The molecule has 0 saturated carbocycles. The van der Waals surface area contributed by atoms with Gasteiger partial charge in [-0.3, -0.25) is 14.9 Å².